The molecule has 0 saturated carbocycles. The fourth-order valence-electron chi connectivity index (χ4n) is 2.36. The molecule has 0 bridgehead atoms. The van der Waals surface area contributed by atoms with E-state index in [4.69, 9.17) is 15.0 Å². The van der Waals surface area contributed by atoms with Crippen LogP contribution in [0, 0.1) is 0 Å². The molecule has 0 atom stereocenters. The summed E-state index contributed by atoms with van der Waals surface area (Å²) in [5.74, 6) is 1.17. The van der Waals surface area contributed by atoms with E-state index >= 15 is 0 Å². The van der Waals surface area contributed by atoms with Gasteiger partial charge < -0.3 is 15.0 Å². The smallest absolute Gasteiger partial charge is 0.234 e. The molecular weight excluding hydrogens is 246 g/mol. The fraction of sp³-hybridized carbons (Fsp3) is 0.583. The van der Waals surface area contributed by atoms with Gasteiger partial charge in [0.2, 0.25) is 11.7 Å². The van der Waals surface area contributed by atoms with Crippen LogP contribution in [-0.4, -0.2) is 39.7 Å². The van der Waals surface area contributed by atoms with Gasteiger partial charge in [0, 0.05) is 33.0 Å². The average molecular weight is 263 g/mol. The van der Waals surface area contributed by atoms with Gasteiger partial charge in [-0.2, -0.15) is 10.1 Å². The normalized spacial score (nSPS) is 18.6. The van der Waals surface area contributed by atoms with Gasteiger partial charge in [0.15, 0.2) is 0 Å². The molecule has 0 amide bonds. The van der Waals surface area contributed by atoms with Crippen molar-refractivity contribution < 1.29 is 9.26 Å². The Morgan fingerprint density at radius 3 is 2.84 bits per heavy atom. The standard InChI is InChI=1S/C12H17N5O2/c1-17-7-9(6-14-17)10-15-11(19-16-10)12(8-13)2-4-18-5-3-12/h6-7H,2-5,8,13H2,1H3. The van der Waals surface area contributed by atoms with Crippen LogP contribution < -0.4 is 5.73 Å². The molecule has 0 unspecified atom stereocenters. The van der Waals surface area contributed by atoms with Crippen LogP contribution in [0.1, 0.15) is 18.7 Å². The average Bonchev–Trinajstić information content (AvgIpc) is 3.08. The summed E-state index contributed by atoms with van der Waals surface area (Å²) < 4.78 is 12.5. The molecule has 7 heteroatoms. The van der Waals surface area contributed by atoms with Crippen LogP contribution >= 0.6 is 0 Å². The van der Waals surface area contributed by atoms with Gasteiger partial charge in [-0.1, -0.05) is 5.16 Å². The summed E-state index contributed by atoms with van der Waals surface area (Å²) in [6, 6.07) is 0. The van der Waals surface area contributed by atoms with E-state index in [-0.39, 0.29) is 5.41 Å². The third kappa shape index (κ3) is 2.15. The Balaban J connectivity index is 1.91. The maximum absolute atomic E-state index is 5.92. The minimum absolute atomic E-state index is 0.244. The monoisotopic (exact) mass is 263 g/mol. The van der Waals surface area contributed by atoms with Crippen molar-refractivity contribution in [1.29, 1.82) is 0 Å². The third-order valence-corrected chi connectivity index (χ3v) is 3.68. The van der Waals surface area contributed by atoms with E-state index in [0.29, 0.717) is 31.5 Å². The van der Waals surface area contributed by atoms with E-state index in [9.17, 15) is 0 Å². The number of aryl methyl sites for hydroxylation is 1. The van der Waals surface area contributed by atoms with Crippen LogP contribution in [0.3, 0.4) is 0 Å². The van der Waals surface area contributed by atoms with Gasteiger partial charge in [-0.05, 0) is 12.8 Å². The van der Waals surface area contributed by atoms with E-state index in [1.54, 1.807) is 10.9 Å². The summed E-state index contributed by atoms with van der Waals surface area (Å²) in [5, 5.41) is 8.13. The Morgan fingerprint density at radius 2 is 2.21 bits per heavy atom. The van der Waals surface area contributed by atoms with Gasteiger partial charge in [-0.25, -0.2) is 0 Å². The molecule has 3 heterocycles. The topological polar surface area (TPSA) is 92.0 Å². The maximum atomic E-state index is 5.92. The Bertz CT molecular complexity index is 556. The van der Waals surface area contributed by atoms with Crippen molar-refractivity contribution in [2.24, 2.45) is 12.8 Å². The Labute approximate surface area is 110 Å². The number of rotatable bonds is 3. The van der Waals surface area contributed by atoms with Gasteiger partial charge >= 0.3 is 0 Å². The number of nitrogens with two attached hydrogens (primary N) is 1. The van der Waals surface area contributed by atoms with Crippen molar-refractivity contribution >= 4 is 0 Å². The fourth-order valence-corrected chi connectivity index (χ4v) is 2.36. The second-order valence-electron chi connectivity index (χ2n) is 4.92. The largest absolute Gasteiger partial charge is 0.381 e. The maximum Gasteiger partial charge on any atom is 0.234 e. The highest BCUT2D eigenvalue weighted by atomic mass is 16.5. The lowest BCUT2D eigenvalue weighted by Gasteiger charge is -2.32. The van der Waals surface area contributed by atoms with Crippen LogP contribution in [0.25, 0.3) is 11.4 Å². The highest BCUT2D eigenvalue weighted by molar-refractivity contribution is 5.51. The predicted molar refractivity (Wildman–Crippen MR) is 67.3 cm³/mol. The van der Waals surface area contributed by atoms with E-state index in [0.717, 1.165) is 18.4 Å². The lowest BCUT2D eigenvalue weighted by atomic mass is 9.80. The van der Waals surface area contributed by atoms with Crippen molar-refractivity contribution in [3.8, 4) is 11.4 Å². The molecule has 2 aromatic rings. The Kier molecular flexibility index (Phi) is 3.08. The molecule has 0 spiro atoms. The van der Waals surface area contributed by atoms with Crippen LogP contribution in [0.5, 0.6) is 0 Å². The second kappa shape index (κ2) is 4.75. The SMILES string of the molecule is Cn1cc(-c2noc(C3(CN)CCOCC3)n2)cn1. The van der Waals surface area contributed by atoms with Gasteiger partial charge in [0.1, 0.15) is 0 Å². The zero-order valence-corrected chi connectivity index (χ0v) is 10.9. The Hall–Kier alpha value is -1.73. The molecule has 1 aliphatic heterocycles. The van der Waals surface area contributed by atoms with Crippen molar-refractivity contribution in [2.75, 3.05) is 19.8 Å². The molecule has 7 nitrogen and oxygen atoms in total. The molecule has 102 valence electrons. The van der Waals surface area contributed by atoms with E-state index in [1.165, 1.54) is 0 Å². The number of hydrogen-bond donors (Lipinski definition) is 1. The highest BCUT2D eigenvalue weighted by Gasteiger charge is 2.38. The summed E-state index contributed by atoms with van der Waals surface area (Å²) in [4.78, 5) is 4.49. The third-order valence-electron chi connectivity index (χ3n) is 3.68. The zero-order valence-electron chi connectivity index (χ0n) is 10.9. The molecule has 1 aliphatic rings. The van der Waals surface area contributed by atoms with Crippen LogP contribution in [0.15, 0.2) is 16.9 Å². The zero-order chi connectivity index (χ0) is 13.3. The first kappa shape index (κ1) is 12.3. The summed E-state index contributed by atoms with van der Waals surface area (Å²) in [6.07, 6.45) is 5.21. The quantitative estimate of drug-likeness (QED) is 0.865. The second-order valence-corrected chi connectivity index (χ2v) is 4.92. The first-order valence-corrected chi connectivity index (χ1v) is 6.34. The summed E-state index contributed by atoms with van der Waals surface area (Å²) in [6.45, 7) is 1.86. The first-order valence-electron chi connectivity index (χ1n) is 6.34. The van der Waals surface area contributed by atoms with E-state index in [2.05, 4.69) is 15.2 Å². The number of ether oxygens (including phenoxy) is 1. The highest BCUT2D eigenvalue weighted by Crippen LogP contribution is 2.33. The van der Waals surface area contributed by atoms with Crippen LogP contribution in [0.4, 0.5) is 0 Å². The minimum atomic E-state index is -0.244. The lowest BCUT2D eigenvalue weighted by Crippen LogP contribution is -2.40. The number of hydrogen-bond acceptors (Lipinski definition) is 6. The summed E-state index contributed by atoms with van der Waals surface area (Å²) >= 11 is 0. The molecule has 0 aromatic carbocycles. The van der Waals surface area contributed by atoms with E-state index in [1.807, 2.05) is 13.2 Å². The predicted octanol–water partition coefficient (Wildman–Crippen LogP) is 0.477. The van der Waals surface area contributed by atoms with Crippen LogP contribution in [0.2, 0.25) is 0 Å². The molecule has 3 rings (SSSR count). The first-order chi connectivity index (χ1) is 9.23. The van der Waals surface area contributed by atoms with Crippen molar-refractivity contribution in [1.82, 2.24) is 19.9 Å². The minimum Gasteiger partial charge on any atom is -0.381 e. The van der Waals surface area contributed by atoms with Gasteiger partial charge in [0.25, 0.3) is 0 Å². The molecule has 19 heavy (non-hydrogen) atoms. The van der Waals surface area contributed by atoms with Crippen molar-refractivity contribution in [3.05, 3.63) is 18.3 Å². The molecule has 0 aliphatic carbocycles. The van der Waals surface area contributed by atoms with Crippen molar-refractivity contribution in [3.63, 3.8) is 0 Å². The van der Waals surface area contributed by atoms with Gasteiger partial charge in [-0.3, -0.25) is 4.68 Å². The number of aromatic nitrogens is 4. The summed E-state index contributed by atoms with van der Waals surface area (Å²) in [7, 11) is 1.85. The molecule has 2 N–H and O–H groups in total. The molecular formula is C12H17N5O2. The Morgan fingerprint density at radius 1 is 1.42 bits per heavy atom. The molecule has 1 fully saturated rings. The van der Waals surface area contributed by atoms with Gasteiger partial charge in [0.05, 0.1) is 17.2 Å². The van der Waals surface area contributed by atoms with Crippen LogP contribution in [-0.2, 0) is 17.2 Å². The van der Waals surface area contributed by atoms with Crippen molar-refractivity contribution in [2.45, 2.75) is 18.3 Å². The lowest BCUT2D eigenvalue weighted by molar-refractivity contribution is 0.0409. The molecule has 0 radical (unpaired) electrons. The number of nitrogens with zero attached hydrogens (tertiary/aromatic N) is 4. The molecule has 2 aromatic heterocycles. The van der Waals surface area contributed by atoms with E-state index < -0.39 is 0 Å². The molecule has 1 saturated heterocycles. The summed E-state index contributed by atoms with van der Waals surface area (Å²) in [5.41, 5.74) is 6.52. The van der Waals surface area contributed by atoms with Gasteiger partial charge in [-0.15, -0.1) is 0 Å².